The number of nitrogens with zero attached hydrogens (tertiary/aromatic N) is 1. The summed E-state index contributed by atoms with van der Waals surface area (Å²) in [6.45, 7) is 6.30. The minimum atomic E-state index is -0.296. The zero-order valence-corrected chi connectivity index (χ0v) is 12.6. The lowest BCUT2D eigenvalue weighted by molar-refractivity contribution is 0.0223. The van der Waals surface area contributed by atoms with Crippen molar-refractivity contribution in [2.24, 2.45) is 0 Å². The van der Waals surface area contributed by atoms with E-state index >= 15 is 0 Å². The van der Waals surface area contributed by atoms with Gasteiger partial charge in [0.1, 0.15) is 17.4 Å². The molecule has 1 aromatic heterocycles. The van der Waals surface area contributed by atoms with Gasteiger partial charge in [0.25, 0.3) is 0 Å². The maximum atomic E-state index is 11.7. The minimum Gasteiger partial charge on any atom is -0.488 e. The predicted molar refractivity (Wildman–Crippen MR) is 82.6 cm³/mol. The Bertz CT molecular complexity index is 761. The standard InChI is InChI=1S/C17H19NO4/c1-11-8-16(19)22-17-13(11)2-3-15-14(17)9-12(21-15)10-18-4-6-20-7-5-18/h2-3,8,12H,4-7,9-10H2,1H3. The zero-order valence-electron chi connectivity index (χ0n) is 12.6. The Morgan fingerprint density at radius 3 is 2.91 bits per heavy atom. The van der Waals surface area contributed by atoms with E-state index in [1.165, 1.54) is 6.07 Å². The molecule has 0 spiro atoms. The van der Waals surface area contributed by atoms with Gasteiger partial charge < -0.3 is 13.9 Å². The van der Waals surface area contributed by atoms with Crippen LogP contribution in [0.3, 0.4) is 0 Å². The lowest BCUT2D eigenvalue weighted by Gasteiger charge is -2.28. The molecule has 1 saturated heterocycles. The third kappa shape index (κ3) is 2.40. The summed E-state index contributed by atoms with van der Waals surface area (Å²) >= 11 is 0. The molecular formula is C17H19NO4. The number of rotatable bonds is 2. The van der Waals surface area contributed by atoms with Crippen LogP contribution >= 0.6 is 0 Å². The molecule has 0 saturated carbocycles. The van der Waals surface area contributed by atoms with Gasteiger partial charge in [-0.15, -0.1) is 0 Å². The fourth-order valence-electron chi connectivity index (χ4n) is 3.35. The van der Waals surface area contributed by atoms with Crippen LogP contribution in [0, 0.1) is 6.92 Å². The summed E-state index contributed by atoms with van der Waals surface area (Å²) in [5.41, 5.74) is 2.37. The summed E-state index contributed by atoms with van der Waals surface area (Å²) in [5.74, 6) is 0.847. The molecule has 3 heterocycles. The molecule has 4 rings (SSSR count). The smallest absolute Gasteiger partial charge is 0.336 e. The SMILES string of the molecule is Cc1cc(=O)oc2c3c(ccc12)OC(CN1CCOCC1)C3. The molecule has 0 amide bonds. The van der Waals surface area contributed by atoms with Crippen molar-refractivity contribution in [2.45, 2.75) is 19.4 Å². The molecule has 0 aliphatic carbocycles. The van der Waals surface area contributed by atoms with Crippen LogP contribution in [0.1, 0.15) is 11.1 Å². The van der Waals surface area contributed by atoms with Gasteiger partial charge in [-0.2, -0.15) is 0 Å². The highest BCUT2D eigenvalue weighted by molar-refractivity contribution is 5.85. The van der Waals surface area contributed by atoms with Gasteiger partial charge >= 0.3 is 5.63 Å². The number of fused-ring (bicyclic) bond motifs is 3. The molecule has 5 nitrogen and oxygen atoms in total. The molecule has 1 unspecified atom stereocenters. The van der Waals surface area contributed by atoms with Crippen LogP contribution in [0.4, 0.5) is 0 Å². The average molecular weight is 301 g/mol. The van der Waals surface area contributed by atoms with Gasteiger partial charge in [-0.05, 0) is 24.6 Å². The highest BCUT2D eigenvalue weighted by Gasteiger charge is 2.28. The van der Waals surface area contributed by atoms with Crippen LogP contribution in [0.25, 0.3) is 11.0 Å². The highest BCUT2D eigenvalue weighted by Crippen LogP contribution is 2.35. The molecule has 1 aromatic carbocycles. The second-order valence-electron chi connectivity index (χ2n) is 6.02. The second kappa shape index (κ2) is 5.41. The normalized spacial score (nSPS) is 21.8. The lowest BCUT2D eigenvalue weighted by atomic mass is 10.0. The van der Waals surface area contributed by atoms with Crippen molar-refractivity contribution in [1.29, 1.82) is 0 Å². The van der Waals surface area contributed by atoms with E-state index in [4.69, 9.17) is 13.9 Å². The van der Waals surface area contributed by atoms with Gasteiger partial charge in [0, 0.05) is 43.1 Å². The molecule has 1 fully saturated rings. The molecule has 1 atom stereocenters. The van der Waals surface area contributed by atoms with Crippen LogP contribution in [-0.2, 0) is 11.2 Å². The average Bonchev–Trinajstić information content (AvgIpc) is 2.91. The van der Waals surface area contributed by atoms with Crippen molar-refractivity contribution in [3.63, 3.8) is 0 Å². The number of ether oxygens (including phenoxy) is 2. The Kier molecular flexibility index (Phi) is 3.39. The molecular weight excluding hydrogens is 282 g/mol. The monoisotopic (exact) mass is 301 g/mol. The Balaban J connectivity index is 1.63. The van der Waals surface area contributed by atoms with Crippen molar-refractivity contribution in [3.05, 3.63) is 39.7 Å². The molecule has 2 aliphatic heterocycles. The topological polar surface area (TPSA) is 51.9 Å². The summed E-state index contributed by atoms with van der Waals surface area (Å²) in [6, 6.07) is 5.50. The summed E-state index contributed by atoms with van der Waals surface area (Å²) < 4.78 is 16.9. The molecule has 2 aromatic rings. The van der Waals surface area contributed by atoms with E-state index in [-0.39, 0.29) is 11.7 Å². The molecule has 0 radical (unpaired) electrons. The Morgan fingerprint density at radius 1 is 1.27 bits per heavy atom. The molecule has 116 valence electrons. The van der Waals surface area contributed by atoms with E-state index in [9.17, 15) is 4.79 Å². The van der Waals surface area contributed by atoms with Crippen molar-refractivity contribution >= 4 is 11.0 Å². The first-order valence-electron chi connectivity index (χ1n) is 7.74. The van der Waals surface area contributed by atoms with Gasteiger partial charge in [-0.3, -0.25) is 4.90 Å². The number of morpholine rings is 1. The number of aryl methyl sites for hydroxylation is 1. The summed E-state index contributed by atoms with van der Waals surface area (Å²) in [4.78, 5) is 14.0. The Morgan fingerprint density at radius 2 is 2.09 bits per heavy atom. The molecule has 5 heteroatoms. The fraction of sp³-hybridized carbons (Fsp3) is 0.471. The number of hydrogen-bond donors (Lipinski definition) is 0. The number of hydrogen-bond acceptors (Lipinski definition) is 5. The molecule has 0 bridgehead atoms. The van der Waals surface area contributed by atoms with E-state index in [0.717, 1.165) is 61.5 Å². The lowest BCUT2D eigenvalue weighted by Crippen LogP contribution is -2.42. The summed E-state index contributed by atoms with van der Waals surface area (Å²) in [5, 5.41) is 0.994. The molecule has 0 N–H and O–H groups in total. The van der Waals surface area contributed by atoms with Crippen molar-refractivity contribution < 1.29 is 13.9 Å². The molecule has 2 aliphatic rings. The maximum Gasteiger partial charge on any atom is 0.336 e. The van der Waals surface area contributed by atoms with Crippen molar-refractivity contribution in [2.75, 3.05) is 32.8 Å². The van der Waals surface area contributed by atoms with Gasteiger partial charge in [-0.25, -0.2) is 4.79 Å². The first kappa shape index (κ1) is 13.8. The van der Waals surface area contributed by atoms with Gasteiger partial charge in [-0.1, -0.05) is 0 Å². The van der Waals surface area contributed by atoms with E-state index in [1.54, 1.807) is 0 Å². The third-order valence-electron chi connectivity index (χ3n) is 4.47. The Labute approximate surface area is 128 Å². The van der Waals surface area contributed by atoms with Crippen LogP contribution in [0.2, 0.25) is 0 Å². The second-order valence-corrected chi connectivity index (χ2v) is 6.02. The van der Waals surface area contributed by atoms with Crippen molar-refractivity contribution in [1.82, 2.24) is 4.90 Å². The minimum absolute atomic E-state index is 0.115. The highest BCUT2D eigenvalue weighted by atomic mass is 16.5. The largest absolute Gasteiger partial charge is 0.488 e. The van der Waals surface area contributed by atoms with Gasteiger partial charge in [0.15, 0.2) is 0 Å². The van der Waals surface area contributed by atoms with E-state index in [2.05, 4.69) is 4.90 Å². The Hall–Kier alpha value is -1.85. The first-order chi connectivity index (χ1) is 10.7. The third-order valence-corrected chi connectivity index (χ3v) is 4.47. The van der Waals surface area contributed by atoms with E-state index in [1.807, 2.05) is 19.1 Å². The predicted octanol–water partition coefficient (Wildman–Crippen LogP) is 1.74. The van der Waals surface area contributed by atoms with Gasteiger partial charge in [0.05, 0.1) is 13.2 Å². The summed E-state index contributed by atoms with van der Waals surface area (Å²) in [7, 11) is 0. The quantitative estimate of drug-likeness (QED) is 0.791. The van der Waals surface area contributed by atoms with Crippen LogP contribution in [0.5, 0.6) is 5.75 Å². The fourth-order valence-corrected chi connectivity index (χ4v) is 3.35. The molecule has 22 heavy (non-hydrogen) atoms. The summed E-state index contributed by atoms with van der Waals surface area (Å²) in [6.07, 6.45) is 0.903. The first-order valence-corrected chi connectivity index (χ1v) is 7.74. The van der Waals surface area contributed by atoms with Crippen molar-refractivity contribution in [3.8, 4) is 5.75 Å². The van der Waals surface area contributed by atoms with E-state index in [0.29, 0.717) is 5.58 Å². The van der Waals surface area contributed by atoms with Crippen LogP contribution in [0.15, 0.2) is 27.4 Å². The van der Waals surface area contributed by atoms with Crippen LogP contribution < -0.4 is 10.4 Å². The number of benzene rings is 1. The maximum absolute atomic E-state index is 11.7. The zero-order chi connectivity index (χ0) is 15.1. The van der Waals surface area contributed by atoms with Crippen LogP contribution in [-0.4, -0.2) is 43.9 Å². The van der Waals surface area contributed by atoms with E-state index < -0.39 is 0 Å². The van der Waals surface area contributed by atoms with Gasteiger partial charge in [0.2, 0.25) is 0 Å².